The highest BCUT2D eigenvalue weighted by molar-refractivity contribution is 6.36. The fourth-order valence-electron chi connectivity index (χ4n) is 1.59. The van der Waals surface area contributed by atoms with Gasteiger partial charge in [-0.05, 0) is 26.0 Å². The summed E-state index contributed by atoms with van der Waals surface area (Å²) in [6.07, 6.45) is 1.49. The number of hydrazone groups is 1. The van der Waals surface area contributed by atoms with Crippen LogP contribution in [0, 0.1) is 0 Å². The summed E-state index contributed by atoms with van der Waals surface area (Å²) >= 11 is 12.1. The smallest absolute Gasteiger partial charge is 0.277 e. The van der Waals surface area contributed by atoms with Gasteiger partial charge in [0.1, 0.15) is 5.75 Å². The van der Waals surface area contributed by atoms with E-state index in [-0.39, 0.29) is 17.4 Å². The number of hydrogen-bond acceptors (Lipinski definition) is 5. The fourth-order valence-corrected chi connectivity index (χ4v) is 2.14. The molecular formula is C14H13Cl2N3O3. The maximum Gasteiger partial charge on any atom is 0.277 e. The Morgan fingerprint density at radius 2 is 2.18 bits per heavy atom. The molecule has 0 bridgehead atoms. The van der Waals surface area contributed by atoms with Crippen LogP contribution in [0.15, 0.2) is 34.0 Å². The highest BCUT2D eigenvalue weighted by atomic mass is 35.5. The predicted octanol–water partition coefficient (Wildman–Crippen LogP) is 3.54. The number of carbonyl (C=O) groups is 1. The topological polar surface area (TPSA) is 76.7 Å². The Balaban J connectivity index is 2.20. The number of nitrogens with zero attached hydrogens (tertiary/aromatic N) is 2. The van der Waals surface area contributed by atoms with Gasteiger partial charge >= 0.3 is 0 Å². The number of amides is 1. The average Bonchev–Trinajstić information content (AvgIpc) is 2.97. The SMILES string of the molecule is CC(C)=NNC(=O)COc1c(Cl)cc(Cl)cc1-c1ccno1. The average molecular weight is 342 g/mol. The van der Waals surface area contributed by atoms with Crippen molar-refractivity contribution in [3.05, 3.63) is 34.4 Å². The Morgan fingerprint density at radius 1 is 1.41 bits per heavy atom. The monoisotopic (exact) mass is 341 g/mol. The molecule has 0 saturated heterocycles. The third kappa shape index (κ3) is 4.22. The van der Waals surface area contributed by atoms with E-state index in [0.717, 1.165) is 5.71 Å². The van der Waals surface area contributed by atoms with Crippen molar-refractivity contribution < 1.29 is 14.1 Å². The molecule has 0 saturated carbocycles. The lowest BCUT2D eigenvalue weighted by atomic mass is 10.1. The number of aromatic nitrogens is 1. The van der Waals surface area contributed by atoms with Crippen molar-refractivity contribution in [2.45, 2.75) is 13.8 Å². The quantitative estimate of drug-likeness (QED) is 0.666. The van der Waals surface area contributed by atoms with Crippen LogP contribution in [0.5, 0.6) is 5.75 Å². The van der Waals surface area contributed by atoms with Crippen molar-refractivity contribution in [2.75, 3.05) is 6.61 Å². The van der Waals surface area contributed by atoms with E-state index in [4.69, 9.17) is 32.5 Å². The van der Waals surface area contributed by atoms with Crippen LogP contribution in [0.3, 0.4) is 0 Å². The van der Waals surface area contributed by atoms with Gasteiger partial charge in [0.15, 0.2) is 12.4 Å². The summed E-state index contributed by atoms with van der Waals surface area (Å²) in [7, 11) is 0. The van der Waals surface area contributed by atoms with Crippen LogP contribution in [-0.2, 0) is 4.79 Å². The first-order valence-corrected chi connectivity index (χ1v) is 7.05. The molecule has 0 atom stereocenters. The van der Waals surface area contributed by atoms with Crippen LogP contribution in [0.2, 0.25) is 10.0 Å². The van der Waals surface area contributed by atoms with E-state index in [0.29, 0.717) is 16.3 Å². The molecule has 6 nitrogen and oxygen atoms in total. The van der Waals surface area contributed by atoms with Gasteiger partial charge in [0.05, 0.1) is 16.8 Å². The van der Waals surface area contributed by atoms with Crippen LogP contribution in [-0.4, -0.2) is 23.4 Å². The molecule has 2 aromatic rings. The van der Waals surface area contributed by atoms with Crippen molar-refractivity contribution >= 4 is 34.8 Å². The Kier molecular flexibility index (Phi) is 5.41. The van der Waals surface area contributed by atoms with Gasteiger partial charge in [-0.25, -0.2) is 5.43 Å². The molecule has 2 rings (SSSR count). The van der Waals surface area contributed by atoms with Gasteiger partial charge in [0.2, 0.25) is 0 Å². The molecular weight excluding hydrogens is 329 g/mol. The van der Waals surface area contributed by atoms with E-state index in [1.807, 2.05) is 0 Å². The predicted molar refractivity (Wildman–Crippen MR) is 84.4 cm³/mol. The van der Waals surface area contributed by atoms with Gasteiger partial charge in [-0.2, -0.15) is 5.10 Å². The van der Waals surface area contributed by atoms with Crippen molar-refractivity contribution in [3.8, 4) is 17.1 Å². The van der Waals surface area contributed by atoms with Gasteiger partial charge < -0.3 is 9.26 Å². The molecule has 22 heavy (non-hydrogen) atoms. The standard InChI is InChI=1S/C14H13Cl2N3O3/c1-8(2)18-19-13(20)7-21-14-10(12-3-4-17-22-12)5-9(15)6-11(14)16/h3-6H,7H2,1-2H3,(H,19,20). The van der Waals surface area contributed by atoms with Gasteiger partial charge in [-0.3, -0.25) is 4.79 Å². The maximum absolute atomic E-state index is 11.6. The maximum atomic E-state index is 11.6. The highest BCUT2D eigenvalue weighted by Crippen LogP contribution is 2.38. The summed E-state index contributed by atoms with van der Waals surface area (Å²) in [6.45, 7) is 3.28. The molecule has 1 N–H and O–H groups in total. The Labute approximate surface area is 137 Å². The molecule has 0 aliphatic carbocycles. The minimum Gasteiger partial charge on any atom is -0.481 e. The van der Waals surface area contributed by atoms with Gasteiger partial charge in [0, 0.05) is 16.8 Å². The molecule has 0 aliphatic heterocycles. The highest BCUT2D eigenvalue weighted by Gasteiger charge is 2.16. The van der Waals surface area contributed by atoms with Crippen molar-refractivity contribution in [1.29, 1.82) is 0 Å². The first-order chi connectivity index (χ1) is 10.5. The number of benzene rings is 1. The number of rotatable bonds is 5. The van der Waals surface area contributed by atoms with Crippen LogP contribution >= 0.6 is 23.2 Å². The molecule has 1 aromatic heterocycles. The second-order valence-electron chi connectivity index (χ2n) is 4.52. The number of carbonyl (C=O) groups excluding carboxylic acids is 1. The molecule has 1 aromatic carbocycles. The molecule has 0 fully saturated rings. The van der Waals surface area contributed by atoms with E-state index < -0.39 is 5.91 Å². The van der Waals surface area contributed by atoms with Crippen LogP contribution in [0.1, 0.15) is 13.8 Å². The van der Waals surface area contributed by atoms with E-state index in [1.165, 1.54) is 12.3 Å². The van der Waals surface area contributed by atoms with Gasteiger partial charge in [-0.1, -0.05) is 28.4 Å². The Bertz CT molecular complexity index is 696. The number of halogens is 2. The Hall–Kier alpha value is -2.05. The molecule has 8 heteroatoms. The lowest BCUT2D eigenvalue weighted by Gasteiger charge is -2.11. The largest absolute Gasteiger partial charge is 0.481 e. The number of ether oxygens (including phenoxy) is 1. The minimum atomic E-state index is -0.407. The summed E-state index contributed by atoms with van der Waals surface area (Å²) in [6, 6.07) is 4.78. The fraction of sp³-hybridized carbons (Fsp3) is 0.214. The first-order valence-electron chi connectivity index (χ1n) is 6.30. The zero-order valence-corrected chi connectivity index (χ0v) is 13.4. The van der Waals surface area contributed by atoms with Crippen LogP contribution in [0.25, 0.3) is 11.3 Å². The number of hydrogen-bond donors (Lipinski definition) is 1. The lowest BCUT2D eigenvalue weighted by Crippen LogP contribution is -2.25. The van der Waals surface area contributed by atoms with Crippen molar-refractivity contribution in [3.63, 3.8) is 0 Å². The normalized spacial score (nSPS) is 10.2. The molecule has 0 spiro atoms. The third-order valence-electron chi connectivity index (χ3n) is 2.46. The second kappa shape index (κ2) is 7.29. The minimum absolute atomic E-state index is 0.251. The van der Waals surface area contributed by atoms with Gasteiger partial charge in [0.25, 0.3) is 5.91 Å². The molecule has 0 aliphatic rings. The summed E-state index contributed by atoms with van der Waals surface area (Å²) in [5.74, 6) is 0.313. The molecule has 116 valence electrons. The molecule has 1 heterocycles. The van der Waals surface area contributed by atoms with Crippen molar-refractivity contribution in [2.24, 2.45) is 5.10 Å². The van der Waals surface area contributed by atoms with Crippen molar-refractivity contribution in [1.82, 2.24) is 10.6 Å². The van der Waals surface area contributed by atoms with Gasteiger partial charge in [-0.15, -0.1) is 0 Å². The summed E-state index contributed by atoms with van der Waals surface area (Å²) in [5.41, 5.74) is 3.59. The Morgan fingerprint density at radius 3 is 2.82 bits per heavy atom. The second-order valence-corrected chi connectivity index (χ2v) is 5.37. The van der Waals surface area contributed by atoms with E-state index >= 15 is 0 Å². The van der Waals surface area contributed by atoms with Crippen LogP contribution < -0.4 is 10.2 Å². The zero-order valence-electron chi connectivity index (χ0n) is 11.9. The lowest BCUT2D eigenvalue weighted by molar-refractivity contribution is -0.123. The van der Waals surface area contributed by atoms with E-state index in [2.05, 4.69) is 15.7 Å². The van der Waals surface area contributed by atoms with Crippen LogP contribution in [0.4, 0.5) is 0 Å². The van der Waals surface area contributed by atoms with E-state index in [1.54, 1.807) is 26.0 Å². The summed E-state index contributed by atoms with van der Waals surface area (Å²) in [4.78, 5) is 11.6. The number of nitrogens with one attached hydrogen (secondary N) is 1. The third-order valence-corrected chi connectivity index (χ3v) is 2.96. The van der Waals surface area contributed by atoms with E-state index in [9.17, 15) is 4.79 Å². The summed E-state index contributed by atoms with van der Waals surface area (Å²) in [5, 5.41) is 8.11. The molecule has 1 amide bonds. The summed E-state index contributed by atoms with van der Waals surface area (Å²) < 4.78 is 10.6. The zero-order chi connectivity index (χ0) is 16.1. The molecule has 0 unspecified atom stereocenters. The first kappa shape index (κ1) is 16.3. The molecule has 0 radical (unpaired) electrons.